The number of halogens is 3. The van der Waals surface area contributed by atoms with E-state index in [4.69, 9.17) is 5.11 Å². The van der Waals surface area contributed by atoms with Crippen LogP contribution in [0.3, 0.4) is 0 Å². The first-order valence-electron chi connectivity index (χ1n) is 4.27. The molecule has 86 valence electrons. The highest BCUT2D eigenvalue weighted by atomic mass is 19.4. The van der Waals surface area contributed by atoms with Crippen molar-refractivity contribution < 1.29 is 23.0 Å². The Bertz CT molecular complexity index is 298. The van der Waals surface area contributed by atoms with Crippen LogP contribution in [0, 0.1) is 0 Å². The Kier molecular flexibility index (Phi) is 4.10. The number of ether oxygens (including phenoxy) is 1. The number of imidazole rings is 1. The van der Waals surface area contributed by atoms with E-state index < -0.39 is 12.8 Å². The van der Waals surface area contributed by atoms with Crippen LogP contribution in [-0.2, 0) is 17.9 Å². The molecule has 0 unspecified atom stereocenters. The first-order valence-corrected chi connectivity index (χ1v) is 4.27. The lowest BCUT2D eigenvalue weighted by atomic mass is 10.5. The maximum Gasteiger partial charge on any atom is 0.411 e. The van der Waals surface area contributed by atoms with Crippen LogP contribution in [0.5, 0.6) is 0 Å². The van der Waals surface area contributed by atoms with Crippen LogP contribution in [0.4, 0.5) is 13.2 Å². The van der Waals surface area contributed by atoms with E-state index in [1.807, 2.05) is 0 Å². The van der Waals surface area contributed by atoms with Gasteiger partial charge < -0.3 is 14.4 Å². The minimum Gasteiger partial charge on any atom is -0.390 e. The van der Waals surface area contributed by atoms with E-state index >= 15 is 0 Å². The van der Waals surface area contributed by atoms with Gasteiger partial charge in [0.15, 0.2) is 0 Å². The predicted octanol–water partition coefficient (Wildman–Crippen LogP) is 0.954. The molecule has 4 nitrogen and oxygen atoms in total. The summed E-state index contributed by atoms with van der Waals surface area (Å²) < 4.78 is 41.0. The molecule has 0 saturated heterocycles. The molecule has 0 aliphatic carbocycles. The van der Waals surface area contributed by atoms with Gasteiger partial charge in [0.25, 0.3) is 0 Å². The van der Waals surface area contributed by atoms with Crippen molar-refractivity contribution in [2.75, 3.05) is 13.2 Å². The summed E-state index contributed by atoms with van der Waals surface area (Å²) in [6, 6.07) is 0. The molecule has 15 heavy (non-hydrogen) atoms. The van der Waals surface area contributed by atoms with Gasteiger partial charge >= 0.3 is 6.18 Å². The zero-order chi connectivity index (χ0) is 11.3. The van der Waals surface area contributed by atoms with E-state index in [2.05, 4.69) is 9.72 Å². The van der Waals surface area contributed by atoms with Gasteiger partial charge in [-0.05, 0) is 0 Å². The largest absolute Gasteiger partial charge is 0.411 e. The number of hydrogen-bond donors (Lipinski definition) is 1. The van der Waals surface area contributed by atoms with Crippen LogP contribution in [0.25, 0.3) is 0 Å². The molecule has 0 spiro atoms. The van der Waals surface area contributed by atoms with Gasteiger partial charge in [0, 0.05) is 6.54 Å². The fourth-order valence-corrected chi connectivity index (χ4v) is 1.03. The Morgan fingerprint density at radius 3 is 2.80 bits per heavy atom. The molecule has 1 aromatic heterocycles. The first-order chi connectivity index (χ1) is 7.03. The monoisotopic (exact) mass is 224 g/mol. The number of aromatic nitrogens is 2. The lowest BCUT2D eigenvalue weighted by Crippen LogP contribution is -2.19. The highest BCUT2D eigenvalue weighted by molar-refractivity contribution is 4.95. The van der Waals surface area contributed by atoms with Gasteiger partial charge in [-0.3, -0.25) is 0 Å². The van der Waals surface area contributed by atoms with Crippen LogP contribution < -0.4 is 0 Å². The number of alkyl halides is 3. The standard InChI is InChI=1S/C8H11F3N2O2/c9-8(10,11)5-15-2-1-13-6-12-3-7(13)4-14/h3,6,14H,1-2,4-5H2. The molecule has 1 N–H and O–H groups in total. The molecule has 0 saturated carbocycles. The zero-order valence-corrected chi connectivity index (χ0v) is 7.87. The van der Waals surface area contributed by atoms with E-state index in [0.717, 1.165) is 0 Å². The van der Waals surface area contributed by atoms with Crippen molar-refractivity contribution in [3.63, 3.8) is 0 Å². The Morgan fingerprint density at radius 1 is 1.47 bits per heavy atom. The second kappa shape index (κ2) is 5.13. The molecule has 0 amide bonds. The lowest BCUT2D eigenvalue weighted by molar-refractivity contribution is -0.174. The van der Waals surface area contributed by atoms with Crippen LogP contribution in [0.15, 0.2) is 12.5 Å². The number of nitrogens with zero attached hydrogens (tertiary/aromatic N) is 2. The summed E-state index contributed by atoms with van der Waals surface area (Å²) in [4.78, 5) is 3.75. The minimum absolute atomic E-state index is 0.0666. The number of aliphatic hydroxyl groups is 1. The number of hydrogen-bond acceptors (Lipinski definition) is 3. The van der Waals surface area contributed by atoms with E-state index in [9.17, 15) is 13.2 Å². The summed E-state index contributed by atoms with van der Waals surface area (Å²) in [6.07, 6.45) is -1.42. The molecule has 0 radical (unpaired) electrons. The topological polar surface area (TPSA) is 47.3 Å². The third-order valence-electron chi connectivity index (χ3n) is 1.70. The van der Waals surface area contributed by atoms with Gasteiger partial charge in [-0.1, -0.05) is 0 Å². The SMILES string of the molecule is OCc1cncn1CCOCC(F)(F)F. The van der Waals surface area contributed by atoms with Gasteiger partial charge in [-0.15, -0.1) is 0 Å². The van der Waals surface area contributed by atoms with Gasteiger partial charge in [-0.2, -0.15) is 13.2 Å². The summed E-state index contributed by atoms with van der Waals surface area (Å²) >= 11 is 0. The Labute approximate surface area is 84.3 Å². The third kappa shape index (κ3) is 4.30. The van der Waals surface area contributed by atoms with Crippen LogP contribution in [-0.4, -0.2) is 34.0 Å². The molecule has 0 aliphatic heterocycles. The zero-order valence-electron chi connectivity index (χ0n) is 7.87. The van der Waals surface area contributed by atoms with Crippen LogP contribution >= 0.6 is 0 Å². The van der Waals surface area contributed by atoms with Gasteiger partial charge in [0.1, 0.15) is 6.61 Å². The summed E-state index contributed by atoms with van der Waals surface area (Å²) in [7, 11) is 0. The summed E-state index contributed by atoms with van der Waals surface area (Å²) in [5.74, 6) is 0. The van der Waals surface area contributed by atoms with E-state index in [1.54, 1.807) is 0 Å². The van der Waals surface area contributed by atoms with Crippen LogP contribution in [0.2, 0.25) is 0 Å². The molecule has 0 atom stereocenters. The molecule has 1 rings (SSSR count). The lowest BCUT2D eigenvalue weighted by Gasteiger charge is -2.09. The van der Waals surface area contributed by atoms with E-state index in [1.165, 1.54) is 17.1 Å². The normalized spacial score (nSPS) is 12.0. The maximum atomic E-state index is 11.7. The molecular formula is C8H11F3N2O2. The molecule has 1 heterocycles. The third-order valence-corrected chi connectivity index (χ3v) is 1.70. The van der Waals surface area contributed by atoms with Crippen molar-refractivity contribution in [1.82, 2.24) is 9.55 Å². The molecule has 0 aliphatic rings. The van der Waals surface area contributed by atoms with Gasteiger partial charge in [-0.25, -0.2) is 4.98 Å². The van der Waals surface area contributed by atoms with Crippen molar-refractivity contribution in [1.29, 1.82) is 0 Å². The average Bonchev–Trinajstić information content (AvgIpc) is 2.58. The highest BCUT2D eigenvalue weighted by Gasteiger charge is 2.27. The minimum atomic E-state index is -4.30. The van der Waals surface area contributed by atoms with Crippen LogP contribution in [0.1, 0.15) is 5.69 Å². The van der Waals surface area contributed by atoms with Gasteiger partial charge in [0.2, 0.25) is 0 Å². The quantitative estimate of drug-likeness (QED) is 0.757. The fourth-order valence-electron chi connectivity index (χ4n) is 1.03. The summed E-state index contributed by atoms with van der Waals surface area (Å²) in [5, 5.41) is 8.81. The predicted molar refractivity (Wildman–Crippen MR) is 45.0 cm³/mol. The summed E-state index contributed by atoms with van der Waals surface area (Å²) in [6.45, 7) is -1.27. The molecule has 0 aromatic carbocycles. The first kappa shape index (κ1) is 12.0. The van der Waals surface area contributed by atoms with E-state index in [0.29, 0.717) is 5.69 Å². The molecule has 0 fully saturated rings. The second-order valence-electron chi connectivity index (χ2n) is 2.90. The van der Waals surface area contributed by atoms with Crippen molar-refractivity contribution in [2.24, 2.45) is 0 Å². The van der Waals surface area contributed by atoms with Gasteiger partial charge in [0.05, 0.1) is 31.4 Å². The van der Waals surface area contributed by atoms with E-state index in [-0.39, 0.29) is 19.8 Å². The second-order valence-corrected chi connectivity index (χ2v) is 2.90. The molecule has 0 bridgehead atoms. The average molecular weight is 224 g/mol. The highest BCUT2D eigenvalue weighted by Crippen LogP contribution is 2.14. The molecule has 1 aromatic rings. The number of aliphatic hydroxyl groups excluding tert-OH is 1. The van der Waals surface area contributed by atoms with Crippen molar-refractivity contribution in [3.05, 3.63) is 18.2 Å². The van der Waals surface area contributed by atoms with Crippen molar-refractivity contribution in [3.8, 4) is 0 Å². The van der Waals surface area contributed by atoms with Crippen molar-refractivity contribution >= 4 is 0 Å². The molecule has 7 heteroatoms. The van der Waals surface area contributed by atoms with Crippen molar-refractivity contribution in [2.45, 2.75) is 19.3 Å². The maximum absolute atomic E-state index is 11.7. The summed E-state index contributed by atoms with van der Waals surface area (Å²) in [5.41, 5.74) is 0.547. The fraction of sp³-hybridized carbons (Fsp3) is 0.625. The Hall–Kier alpha value is -1.08. The Morgan fingerprint density at radius 2 is 2.20 bits per heavy atom. The number of rotatable bonds is 5. The smallest absolute Gasteiger partial charge is 0.390 e. The molecular weight excluding hydrogens is 213 g/mol. The Balaban J connectivity index is 2.26.